The van der Waals surface area contributed by atoms with Gasteiger partial charge in [-0.25, -0.2) is 0 Å². The first-order valence-corrected chi connectivity index (χ1v) is 47.7. The lowest BCUT2D eigenvalue weighted by Gasteiger charge is -2.46. The molecule has 0 fully saturated rings. The summed E-state index contributed by atoms with van der Waals surface area (Å²) in [5.74, 6) is -7.05. The third-order valence-electron chi connectivity index (χ3n) is 26.4. The van der Waals surface area contributed by atoms with E-state index in [1.807, 2.05) is 195 Å². The molecule has 0 saturated heterocycles. The van der Waals surface area contributed by atoms with Gasteiger partial charge in [0.2, 0.25) is 21.7 Å². The summed E-state index contributed by atoms with van der Waals surface area (Å²) >= 11 is 6.58. The molecule has 12 aromatic rings. The molecular weight excluding hydrogens is 1920 g/mol. The predicted molar refractivity (Wildman–Crippen MR) is 505 cm³/mol. The van der Waals surface area contributed by atoms with Crippen LogP contribution in [-0.2, 0) is 5.75 Å². The summed E-state index contributed by atoms with van der Waals surface area (Å²) in [6.45, 7) is 10.2. The first-order valence-electron chi connectivity index (χ1n) is 44.1. The van der Waals surface area contributed by atoms with Gasteiger partial charge in [0.15, 0.2) is 45.8 Å². The van der Waals surface area contributed by atoms with Crippen LogP contribution in [0.15, 0.2) is 276 Å². The third-order valence-corrected chi connectivity index (χ3v) is 31.2. The lowest BCUT2D eigenvalue weighted by molar-refractivity contribution is -0.173. The molecule has 8 aliphatic rings. The number of fused-ring (bicyclic) bond motifs is 12. The second kappa shape index (κ2) is 37.9. The minimum absolute atomic E-state index is 0.0656. The second-order valence-corrected chi connectivity index (χ2v) is 39.7. The van der Waals surface area contributed by atoms with Crippen LogP contribution in [0.5, 0.6) is 23.0 Å². The van der Waals surface area contributed by atoms with Crippen molar-refractivity contribution in [2.24, 2.45) is 0 Å². The molecule has 12 heterocycles. The fourth-order valence-corrected chi connectivity index (χ4v) is 23.7. The lowest BCUT2D eigenvalue weighted by Crippen LogP contribution is -2.60. The molecule has 24 nitrogen and oxygen atoms in total. The number of carbonyl (C=O) groups is 4. The maximum atomic E-state index is 13.8. The highest BCUT2D eigenvalue weighted by molar-refractivity contribution is 8.00. The van der Waals surface area contributed by atoms with Crippen molar-refractivity contribution in [2.75, 3.05) is 46.7 Å². The number of amides is 4. The molecule has 0 aliphatic carbocycles. The number of aromatic hydroxyl groups is 4. The first-order chi connectivity index (χ1) is 66.4. The van der Waals surface area contributed by atoms with E-state index in [0.29, 0.717) is 25.4 Å². The molecule has 4 N–H and O–H groups in total. The van der Waals surface area contributed by atoms with Gasteiger partial charge in [0.05, 0.1) is 24.2 Å². The van der Waals surface area contributed by atoms with Crippen LogP contribution >= 0.6 is 47.0 Å². The van der Waals surface area contributed by atoms with E-state index in [1.165, 1.54) is 43.5 Å². The van der Waals surface area contributed by atoms with Crippen LogP contribution in [0.3, 0.4) is 0 Å². The Balaban J connectivity index is 0.000000129. The van der Waals surface area contributed by atoms with E-state index in [9.17, 15) is 111 Å². The molecule has 0 bridgehead atoms. The largest absolute Gasteiger partial charge is 0.502 e. The number of aryl methyl sites for hydroxylation is 1. The number of rotatable bonds is 8. The fraction of sp³-hybridized carbons (Fsp3) is 0.280. The second-order valence-electron chi connectivity index (χ2n) is 34.5. The summed E-state index contributed by atoms with van der Waals surface area (Å²) in [6.07, 6.45) is -13.5. The maximum absolute atomic E-state index is 13.8. The molecule has 11 atom stereocenters. The molecule has 8 aromatic carbocycles. The Morgan fingerprint density at radius 3 is 0.757 bits per heavy atom. The van der Waals surface area contributed by atoms with Crippen LogP contribution in [0.2, 0.25) is 0 Å². The minimum Gasteiger partial charge on any atom is -0.502 e. The zero-order valence-electron chi connectivity index (χ0n) is 75.5. The number of carbonyl (C=O) groups excluding carboxylic acids is 4. The SMILES string of the molecule is C[C@@H]1Sc2ccccc2[C@@H](N2CN([C@H](C)C(F)(F)F)C(=O)c3c(O)c(=O)ccn32)c2ccccc21.C[C@@H]1Sc2ccccc2[C@H](N2CN([C@H](C)C(F)(F)F)C(=O)c3c(O)c(=O)ccn32)c2ccccc21.C[C@H]1Sc2ccccc2[C@@H](N2CN([C@H](C)C(F)(F)F)C(=O)c3c(O)c(=O)ccn32)c2ccccc21.Cc1cccc2c1CSc1ccccc1[C@H]2N1CN([C@H](C)C(F)(F)F)C(=O)c2c(O)c(=O)ccn21. The number of aromatic nitrogens is 4. The summed E-state index contributed by atoms with van der Waals surface area (Å²) in [6, 6.07) is 53.0. The van der Waals surface area contributed by atoms with Gasteiger partial charge in [-0.1, -0.05) is 164 Å². The molecule has 140 heavy (non-hydrogen) atoms. The van der Waals surface area contributed by atoms with E-state index >= 15 is 0 Å². The molecule has 8 aliphatic heterocycles. The quantitative estimate of drug-likeness (QED) is 0.103. The number of hydrogen-bond acceptors (Lipinski definition) is 20. The van der Waals surface area contributed by atoms with Gasteiger partial charge in [-0.3, -0.25) is 77.1 Å². The molecule has 4 amide bonds. The molecule has 40 heteroatoms. The van der Waals surface area contributed by atoms with Crippen molar-refractivity contribution in [3.63, 3.8) is 0 Å². The predicted octanol–water partition coefficient (Wildman–Crippen LogP) is 19.0. The Morgan fingerprint density at radius 2 is 0.500 bits per heavy atom. The Morgan fingerprint density at radius 1 is 0.286 bits per heavy atom. The van der Waals surface area contributed by atoms with E-state index in [-0.39, 0.29) is 15.7 Å². The molecule has 0 spiro atoms. The van der Waals surface area contributed by atoms with Crippen LogP contribution in [0, 0.1) is 6.92 Å². The molecule has 728 valence electrons. The van der Waals surface area contributed by atoms with E-state index in [4.69, 9.17) is 0 Å². The van der Waals surface area contributed by atoms with Crippen molar-refractivity contribution in [2.45, 2.75) is 170 Å². The minimum atomic E-state index is -4.70. The number of halogens is 12. The summed E-state index contributed by atoms with van der Waals surface area (Å²) in [7, 11) is 0. The average molecular weight is 2010 g/mol. The van der Waals surface area contributed by atoms with Crippen LogP contribution in [0.25, 0.3) is 0 Å². The summed E-state index contributed by atoms with van der Waals surface area (Å²) < 4.78 is 171. The highest BCUT2D eigenvalue weighted by Gasteiger charge is 2.54. The Kier molecular flexibility index (Phi) is 26.5. The number of nitrogens with zero attached hydrogens (tertiary/aromatic N) is 12. The van der Waals surface area contributed by atoms with Gasteiger partial charge in [0, 0.05) is 90.1 Å². The topological polar surface area (TPSA) is 263 Å². The Hall–Kier alpha value is -13.6. The van der Waals surface area contributed by atoms with Crippen molar-refractivity contribution in [1.82, 2.24) is 38.3 Å². The van der Waals surface area contributed by atoms with Gasteiger partial charge in [-0.15, -0.1) is 47.0 Å². The van der Waals surface area contributed by atoms with Crippen molar-refractivity contribution < 1.29 is 92.3 Å². The Labute approximate surface area is 808 Å². The molecule has 20 rings (SSSR count). The van der Waals surface area contributed by atoms with Gasteiger partial charge in [0.1, 0.15) is 50.8 Å². The van der Waals surface area contributed by atoms with Crippen LogP contribution in [0.1, 0.15) is 203 Å². The number of hydrogen-bond donors (Lipinski definition) is 4. The van der Waals surface area contributed by atoms with Crippen molar-refractivity contribution >= 4 is 70.7 Å². The zero-order chi connectivity index (χ0) is 100. The monoisotopic (exact) mass is 2000 g/mol. The van der Waals surface area contributed by atoms with Gasteiger partial charge in [0.25, 0.3) is 23.6 Å². The van der Waals surface area contributed by atoms with E-state index in [1.54, 1.807) is 67.1 Å². The van der Waals surface area contributed by atoms with Crippen molar-refractivity contribution in [3.8, 4) is 23.0 Å². The van der Waals surface area contributed by atoms with E-state index in [2.05, 4.69) is 20.8 Å². The molecular formula is C100H88F12N12O12S4. The van der Waals surface area contributed by atoms with Crippen LogP contribution in [0.4, 0.5) is 52.7 Å². The van der Waals surface area contributed by atoms with Gasteiger partial charge >= 0.3 is 24.7 Å². The van der Waals surface area contributed by atoms with Crippen molar-refractivity contribution in [1.29, 1.82) is 0 Å². The van der Waals surface area contributed by atoms with Crippen molar-refractivity contribution in [3.05, 3.63) is 373 Å². The molecule has 0 unspecified atom stereocenters. The standard InChI is InChI=1S/4C25H22F3N3O3S/c1-14-6-5-8-16-18(14)12-35-20-9-4-3-7-17(20)21(16)31-13-29(15(2)25(26,27)28)24(34)22-23(33)19(32)10-11-30(22)31;3*1-14-16-7-3-4-8-17(16)21(18-9-5-6-10-20(18)35-14)31-13-29(15(2)25(26,27)28)24(34)22-23(33)19(32)11-12-30(22)31/h3-11,15,21,33H,12-13H2,1-2H3;3*3-12,14-15,21,33H,13H2,1-2H3/t15-,21+;14-,15+,21+;14-,15+,21-;14-,15-,21+/m1001/s1. The lowest BCUT2D eigenvalue weighted by atomic mass is 9.92. The van der Waals surface area contributed by atoms with Gasteiger partial charge in [-0.05, 0) is 152 Å². The average Bonchev–Trinajstić information content (AvgIpc) is 1.26. The number of benzene rings is 8. The Bertz CT molecular complexity index is 6690. The van der Waals surface area contributed by atoms with Gasteiger partial charge < -0.3 is 40.0 Å². The fourth-order valence-electron chi connectivity index (χ4n) is 18.9. The molecule has 0 saturated carbocycles. The number of pyridine rings is 4. The zero-order valence-corrected chi connectivity index (χ0v) is 78.8. The van der Waals surface area contributed by atoms with E-state index < -0.39 is 191 Å². The third kappa shape index (κ3) is 17.8. The molecule has 0 radical (unpaired) electrons. The summed E-state index contributed by atoms with van der Waals surface area (Å²) in [5, 5.41) is 48.7. The maximum Gasteiger partial charge on any atom is 0.408 e. The summed E-state index contributed by atoms with van der Waals surface area (Å²) in [5.41, 5.74) is 6.78. The number of alkyl halides is 12. The number of thioether (sulfide) groups is 4. The van der Waals surface area contributed by atoms with Crippen LogP contribution in [-0.4, -0.2) is 158 Å². The highest BCUT2D eigenvalue weighted by Crippen LogP contribution is 2.54. The smallest absolute Gasteiger partial charge is 0.408 e. The molecule has 4 aromatic heterocycles. The van der Waals surface area contributed by atoms with Crippen LogP contribution < -0.4 is 41.8 Å². The highest BCUT2D eigenvalue weighted by atomic mass is 32.2. The first kappa shape index (κ1) is 98.0. The van der Waals surface area contributed by atoms with Gasteiger partial charge in [-0.2, -0.15) is 52.7 Å². The van der Waals surface area contributed by atoms with E-state index in [0.717, 1.165) is 144 Å². The normalized spacial score (nSPS) is 20.0. The summed E-state index contributed by atoms with van der Waals surface area (Å²) in [4.78, 5) is 108.